The second-order valence-electron chi connectivity index (χ2n) is 4.48. The lowest BCUT2D eigenvalue weighted by Gasteiger charge is -2.09. The Morgan fingerprint density at radius 2 is 2.05 bits per heavy atom. The zero-order valence-electron chi connectivity index (χ0n) is 10.5. The fraction of sp³-hybridized carbons (Fsp3) is 0.133. The number of hydrogen-bond donors (Lipinski definition) is 2. The van der Waals surface area contributed by atoms with Crippen molar-refractivity contribution in [1.29, 1.82) is 0 Å². The minimum atomic E-state index is 0.378. The molecule has 0 atom stereocenters. The van der Waals surface area contributed by atoms with Crippen LogP contribution < -0.4 is 5.48 Å². The lowest BCUT2D eigenvalue weighted by atomic mass is 10.1. The molecule has 2 aromatic heterocycles. The van der Waals surface area contributed by atoms with Crippen LogP contribution in [0.4, 0.5) is 0 Å². The summed E-state index contributed by atoms with van der Waals surface area (Å²) in [7, 11) is 0. The van der Waals surface area contributed by atoms with Crippen molar-refractivity contribution in [2.75, 3.05) is 0 Å². The maximum Gasteiger partial charge on any atom is 0.0959 e. The molecule has 3 rings (SSSR count). The van der Waals surface area contributed by atoms with Crippen LogP contribution in [0.15, 0.2) is 54.9 Å². The van der Waals surface area contributed by atoms with E-state index in [2.05, 4.69) is 39.3 Å². The SMILES string of the molecule is ONCn1c(Cc2cccnc2)cc2ccccc21. The van der Waals surface area contributed by atoms with Crippen LogP contribution in [0.2, 0.25) is 0 Å². The standard InChI is InChI=1S/C15H15N3O/c19-17-11-18-14(8-12-4-3-7-16-10-12)9-13-5-1-2-6-15(13)18/h1-7,9-10,17,19H,8,11H2. The molecule has 19 heavy (non-hydrogen) atoms. The third-order valence-corrected chi connectivity index (χ3v) is 3.23. The van der Waals surface area contributed by atoms with E-state index in [1.165, 1.54) is 5.39 Å². The molecule has 0 bridgehead atoms. The number of nitrogens with zero attached hydrogens (tertiary/aromatic N) is 2. The highest BCUT2D eigenvalue weighted by Gasteiger charge is 2.08. The van der Waals surface area contributed by atoms with E-state index in [1.807, 2.05) is 24.4 Å². The maximum atomic E-state index is 9.00. The smallest absolute Gasteiger partial charge is 0.0959 e. The van der Waals surface area contributed by atoms with Gasteiger partial charge in [0.2, 0.25) is 0 Å². The van der Waals surface area contributed by atoms with Gasteiger partial charge in [0.1, 0.15) is 0 Å². The van der Waals surface area contributed by atoms with Crippen LogP contribution in [0.3, 0.4) is 0 Å². The first-order chi connectivity index (χ1) is 9.38. The molecule has 2 heterocycles. The van der Waals surface area contributed by atoms with Crippen LogP contribution in [0.1, 0.15) is 11.3 Å². The van der Waals surface area contributed by atoms with E-state index in [4.69, 9.17) is 5.21 Å². The highest BCUT2D eigenvalue weighted by Crippen LogP contribution is 2.21. The Hall–Kier alpha value is -2.17. The van der Waals surface area contributed by atoms with E-state index in [1.54, 1.807) is 6.20 Å². The van der Waals surface area contributed by atoms with Crippen LogP contribution in [0, 0.1) is 0 Å². The minimum Gasteiger partial charge on any atom is -0.329 e. The van der Waals surface area contributed by atoms with Crippen molar-refractivity contribution >= 4 is 10.9 Å². The number of rotatable bonds is 4. The monoisotopic (exact) mass is 253 g/mol. The number of pyridine rings is 1. The van der Waals surface area contributed by atoms with Gasteiger partial charge in [-0.15, -0.1) is 0 Å². The summed E-state index contributed by atoms with van der Waals surface area (Å²) >= 11 is 0. The normalized spacial score (nSPS) is 11.0. The van der Waals surface area contributed by atoms with Crippen molar-refractivity contribution in [2.24, 2.45) is 0 Å². The number of nitrogens with one attached hydrogen (secondary N) is 1. The molecule has 96 valence electrons. The summed E-state index contributed by atoms with van der Waals surface area (Å²) in [6.07, 6.45) is 4.44. The van der Waals surface area contributed by atoms with Gasteiger partial charge in [-0.2, -0.15) is 5.48 Å². The summed E-state index contributed by atoms with van der Waals surface area (Å²) in [6.45, 7) is 0.378. The molecular formula is C15H15N3O. The molecule has 0 aliphatic rings. The molecule has 2 N–H and O–H groups in total. The first-order valence-corrected chi connectivity index (χ1v) is 6.21. The Bertz CT molecular complexity index is 676. The average molecular weight is 253 g/mol. The number of aromatic nitrogens is 2. The Morgan fingerprint density at radius 1 is 1.16 bits per heavy atom. The van der Waals surface area contributed by atoms with Gasteiger partial charge in [0, 0.05) is 30.0 Å². The molecule has 0 aliphatic carbocycles. The summed E-state index contributed by atoms with van der Waals surface area (Å²) in [5.74, 6) is 0. The molecule has 0 saturated heterocycles. The zero-order valence-corrected chi connectivity index (χ0v) is 10.5. The minimum absolute atomic E-state index is 0.378. The highest BCUT2D eigenvalue weighted by molar-refractivity contribution is 5.81. The van der Waals surface area contributed by atoms with Crippen LogP contribution in [0.5, 0.6) is 0 Å². The van der Waals surface area contributed by atoms with Crippen molar-refractivity contribution in [2.45, 2.75) is 13.1 Å². The van der Waals surface area contributed by atoms with Crippen LogP contribution >= 0.6 is 0 Å². The Morgan fingerprint density at radius 3 is 2.84 bits per heavy atom. The van der Waals surface area contributed by atoms with E-state index in [0.717, 1.165) is 23.2 Å². The Labute approximate surface area is 111 Å². The van der Waals surface area contributed by atoms with Crippen molar-refractivity contribution in [1.82, 2.24) is 15.0 Å². The Kier molecular flexibility index (Phi) is 3.27. The summed E-state index contributed by atoms with van der Waals surface area (Å²) < 4.78 is 2.07. The molecular weight excluding hydrogens is 238 g/mol. The predicted octanol–water partition coefficient (Wildman–Crippen LogP) is 2.56. The van der Waals surface area contributed by atoms with E-state index in [-0.39, 0.29) is 0 Å². The molecule has 0 spiro atoms. The van der Waals surface area contributed by atoms with E-state index >= 15 is 0 Å². The van der Waals surface area contributed by atoms with Gasteiger partial charge in [0.05, 0.1) is 6.67 Å². The van der Waals surface area contributed by atoms with Crippen molar-refractivity contribution in [3.8, 4) is 0 Å². The molecule has 0 fully saturated rings. The largest absolute Gasteiger partial charge is 0.329 e. The molecule has 0 amide bonds. The average Bonchev–Trinajstić information content (AvgIpc) is 2.79. The fourth-order valence-corrected chi connectivity index (χ4v) is 2.38. The van der Waals surface area contributed by atoms with Gasteiger partial charge >= 0.3 is 0 Å². The molecule has 0 aliphatic heterocycles. The molecule has 4 nitrogen and oxygen atoms in total. The summed E-state index contributed by atoms with van der Waals surface area (Å²) in [4.78, 5) is 4.14. The fourth-order valence-electron chi connectivity index (χ4n) is 2.38. The second kappa shape index (κ2) is 5.22. The van der Waals surface area contributed by atoms with Gasteiger partial charge in [0.25, 0.3) is 0 Å². The van der Waals surface area contributed by atoms with Crippen molar-refractivity contribution in [3.63, 3.8) is 0 Å². The van der Waals surface area contributed by atoms with Gasteiger partial charge < -0.3 is 9.77 Å². The zero-order chi connectivity index (χ0) is 13.1. The molecule has 0 saturated carbocycles. The number of hydrogen-bond acceptors (Lipinski definition) is 3. The van der Waals surface area contributed by atoms with Gasteiger partial charge in [-0.25, -0.2) is 0 Å². The topological polar surface area (TPSA) is 50.1 Å². The van der Waals surface area contributed by atoms with Gasteiger partial charge in [-0.05, 0) is 29.1 Å². The predicted molar refractivity (Wildman–Crippen MR) is 73.9 cm³/mol. The molecule has 3 aromatic rings. The second-order valence-corrected chi connectivity index (χ2v) is 4.48. The first kappa shape index (κ1) is 11.9. The third kappa shape index (κ3) is 2.36. The molecule has 0 radical (unpaired) electrons. The highest BCUT2D eigenvalue weighted by atomic mass is 16.5. The van der Waals surface area contributed by atoms with Gasteiger partial charge in [-0.3, -0.25) is 4.98 Å². The first-order valence-electron chi connectivity index (χ1n) is 6.21. The third-order valence-electron chi connectivity index (χ3n) is 3.23. The maximum absolute atomic E-state index is 9.00. The van der Waals surface area contributed by atoms with Gasteiger partial charge in [-0.1, -0.05) is 24.3 Å². The van der Waals surface area contributed by atoms with E-state index in [9.17, 15) is 0 Å². The van der Waals surface area contributed by atoms with E-state index in [0.29, 0.717) is 6.67 Å². The van der Waals surface area contributed by atoms with Gasteiger partial charge in [0.15, 0.2) is 0 Å². The number of fused-ring (bicyclic) bond motifs is 1. The lowest BCUT2D eigenvalue weighted by Crippen LogP contribution is -2.15. The Balaban J connectivity index is 2.04. The lowest BCUT2D eigenvalue weighted by molar-refractivity contribution is 0.139. The summed E-state index contributed by atoms with van der Waals surface area (Å²) in [6, 6.07) is 14.3. The van der Waals surface area contributed by atoms with Crippen molar-refractivity contribution < 1.29 is 5.21 Å². The molecule has 4 heteroatoms. The van der Waals surface area contributed by atoms with Crippen LogP contribution in [-0.2, 0) is 13.1 Å². The quantitative estimate of drug-likeness (QED) is 0.703. The molecule has 0 unspecified atom stereocenters. The number of benzene rings is 1. The number of para-hydroxylation sites is 1. The van der Waals surface area contributed by atoms with Crippen LogP contribution in [0.25, 0.3) is 10.9 Å². The summed E-state index contributed by atoms with van der Waals surface area (Å²) in [5, 5.41) is 10.2. The summed E-state index contributed by atoms with van der Waals surface area (Å²) in [5.41, 5.74) is 5.66. The molecule has 1 aromatic carbocycles. The van der Waals surface area contributed by atoms with Crippen LogP contribution in [-0.4, -0.2) is 14.8 Å². The number of hydroxylamine groups is 1. The van der Waals surface area contributed by atoms with E-state index < -0.39 is 0 Å². The van der Waals surface area contributed by atoms with Crippen molar-refractivity contribution in [3.05, 3.63) is 66.1 Å².